The molecule has 174 valence electrons. The van der Waals surface area contributed by atoms with Gasteiger partial charge in [0.25, 0.3) is 17.5 Å². The minimum Gasteiger partial charge on any atom is -0.490 e. The summed E-state index contributed by atoms with van der Waals surface area (Å²) in [5.41, 5.74) is 1.45. The molecular weight excluding hydrogens is 438 g/mol. The second kappa shape index (κ2) is 8.74. The van der Waals surface area contributed by atoms with Crippen LogP contribution < -0.4 is 9.47 Å². The highest BCUT2D eigenvalue weighted by Crippen LogP contribution is 2.52. The quantitative estimate of drug-likeness (QED) is 0.195. The molecule has 2 fully saturated rings. The van der Waals surface area contributed by atoms with E-state index in [0.717, 1.165) is 17.0 Å². The fraction of sp³-hybridized carbons (Fsp3) is 0.320. The summed E-state index contributed by atoms with van der Waals surface area (Å²) in [6.07, 6.45) is 6.46. The molecule has 2 aromatic carbocycles. The number of allylic oxidation sites excluding steroid dienone is 2. The number of benzene rings is 2. The van der Waals surface area contributed by atoms with E-state index in [1.165, 1.54) is 18.3 Å². The zero-order chi connectivity index (χ0) is 23.8. The fourth-order valence-electron chi connectivity index (χ4n) is 4.99. The first-order valence-electron chi connectivity index (χ1n) is 11.2. The molecule has 1 aliphatic heterocycles. The van der Waals surface area contributed by atoms with Gasteiger partial charge in [-0.3, -0.25) is 19.7 Å². The zero-order valence-corrected chi connectivity index (χ0v) is 18.5. The average molecular weight is 461 g/mol. The number of non-ortho nitro benzene ring substituents is 1. The van der Waals surface area contributed by atoms with Crippen molar-refractivity contribution in [3.8, 4) is 11.5 Å². The van der Waals surface area contributed by atoms with Crippen LogP contribution in [0.15, 0.2) is 59.7 Å². The Morgan fingerprint density at radius 2 is 1.71 bits per heavy atom. The number of hydrazone groups is 1. The van der Waals surface area contributed by atoms with Crippen LogP contribution in [0.2, 0.25) is 0 Å². The van der Waals surface area contributed by atoms with Gasteiger partial charge in [0.05, 0.1) is 29.6 Å². The number of amides is 2. The van der Waals surface area contributed by atoms with Gasteiger partial charge in [-0.25, -0.2) is 0 Å². The Labute approximate surface area is 195 Å². The Balaban J connectivity index is 1.28. The van der Waals surface area contributed by atoms with Gasteiger partial charge in [0.2, 0.25) is 0 Å². The van der Waals surface area contributed by atoms with Gasteiger partial charge in [0, 0.05) is 12.1 Å². The van der Waals surface area contributed by atoms with E-state index in [9.17, 15) is 19.7 Å². The van der Waals surface area contributed by atoms with Crippen LogP contribution in [0.1, 0.15) is 24.5 Å². The van der Waals surface area contributed by atoms with Gasteiger partial charge in [-0.2, -0.15) is 10.1 Å². The minimum absolute atomic E-state index is 0.0184. The zero-order valence-electron chi connectivity index (χ0n) is 18.5. The van der Waals surface area contributed by atoms with Crippen LogP contribution in [0.25, 0.3) is 0 Å². The standard InChI is InChI=1S/C25H23N3O6/c1-2-33-21-11-16(5-10-20(21)34-14-15-3-8-19(9-4-15)28(31)32)13-26-27-24(29)22-17-6-7-18(12-17)23(22)25(27)30/h3-11,13,17-18,22-23H,2,12,14H2,1H3/b26-13-/t17-,18-,22-,23-/m0/s1. The van der Waals surface area contributed by atoms with Crippen molar-refractivity contribution in [3.63, 3.8) is 0 Å². The van der Waals surface area contributed by atoms with Gasteiger partial charge in [0.15, 0.2) is 11.5 Å². The summed E-state index contributed by atoms with van der Waals surface area (Å²) in [6, 6.07) is 11.4. The fourth-order valence-corrected chi connectivity index (χ4v) is 4.99. The molecule has 34 heavy (non-hydrogen) atoms. The summed E-state index contributed by atoms with van der Waals surface area (Å²) >= 11 is 0. The number of nitrogens with zero attached hydrogens (tertiary/aromatic N) is 3. The van der Waals surface area contributed by atoms with Crippen molar-refractivity contribution in [2.24, 2.45) is 28.8 Å². The number of hydrogen-bond acceptors (Lipinski definition) is 7. The number of nitro groups is 1. The van der Waals surface area contributed by atoms with E-state index in [1.807, 2.05) is 19.1 Å². The first-order valence-corrected chi connectivity index (χ1v) is 11.2. The van der Waals surface area contributed by atoms with E-state index in [0.29, 0.717) is 23.7 Å². The second-order valence-corrected chi connectivity index (χ2v) is 8.58. The van der Waals surface area contributed by atoms with E-state index >= 15 is 0 Å². The molecule has 9 nitrogen and oxygen atoms in total. The van der Waals surface area contributed by atoms with Crippen molar-refractivity contribution >= 4 is 23.7 Å². The van der Waals surface area contributed by atoms with E-state index in [4.69, 9.17) is 9.47 Å². The third kappa shape index (κ3) is 3.83. The van der Waals surface area contributed by atoms with Gasteiger partial charge < -0.3 is 9.47 Å². The molecule has 2 aliphatic carbocycles. The number of rotatable bonds is 8. The molecular formula is C25H23N3O6. The van der Waals surface area contributed by atoms with Crippen molar-refractivity contribution in [2.75, 3.05) is 6.61 Å². The van der Waals surface area contributed by atoms with Crippen LogP contribution in [0, 0.1) is 33.8 Å². The van der Waals surface area contributed by atoms with Crippen molar-refractivity contribution in [1.82, 2.24) is 5.01 Å². The van der Waals surface area contributed by atoms with Crippen molar-refractivity contribution in [3.05, 3.63) is 75.9 Å². The molecule has 5 rings (SSSR count). The number of carbonyl (C=O) groups excluding carboxylic acids is 2. The summed E-state index contributed by atoms with van der Waals surface area (Å²) in [5.74, 6) is 0.260. The number of ether oxygens (including phenoxy) is 2. The third-order valence-electron chi connectivity index (χ3n) is 6.58. The highest BCUT2D eigenvalue weighted by atomic mass is 16.6. The average Bonchev–Trinajstić information content (AvgIpc) is 3.52. The maximum atomic E-state index is 12.8. The smallest absolute Gasteiger partial charge is 0.269 e. The summed E-state index contributed by atoms with van der Waals surface area (Å²) in [6.45, 7) is 2.47. The molecule has 0 N–H and O–H groups in total. The Hall–Kier alpha value is -4.01. The number of imide groups is 1. The molecule has 0 aromatic heterocycles. The van der Waals surface area contributed by atoms with Gasteiger partial charge in [-0.15, -0.1) is 0 Å². The van der Waals surface area contributed by atoms with Crippen LogP contribution in [-0.2, 0) is 16.2 Å². The van der Waals surface area contributed by atoms with Crippen LogP contribution in [0.4, 0.5) is 5.69 Å². The maximum Gasteiger partial charge on any atom is 0.269 e. The Morgan fingerprint density at radius 1 is 1.03 bits per heavy atom. The van der Waals surface area contributed by atoms with Crippen LogP contribution in [-0.4, -0.2) is 34.6 Å². The number of nitro benzene ring substituents is 1. The third-order valence-corrected chi connectivity index (χ3v) is 6.58. The largest absolute Gasteiger partial charge is 0.490 e. The molecule has 0 unspecified atom stereocenters. The predicted molar refractivity (Wildman–Crippen MR) is 122 cm³/mol. The summed E-state index contributed by atoms with van der Waals surface area (Å²) in [5, 5.41) is 16.0. The van der Waals surface area contributed by atoms with Crippen LogP contribution >= 0.6 is 0 Å². The van der Waals surface area contributed by atoms with Crippen molar-refractivity contribution in [1.29, 1.82) is 0 Å². The molecule has 2 aromatic rings. The molecule has 2 bridgehead atoms. The summed E-state index contributed by atoms with van der Waals surface area (Å²) < 4.78 is 11.6. The lowest BCUT2D eigenvalue weighted by Gasteiger charge is -2.13. The Bertz CT molecular complexity index is 1180. The molecule has 1 heterocycles. The normalized spacial score (nSPS) is 24.8. The molecule has 1 saturated carbocycles. The number of hydrogen-bond donors (Lipinski definition) is 0. The molecule has 3 aliphatic rings. The lowest BCUT2D eigenvalue weighted by molar-refractivity contribution is -0.384. The molecule has 0 spiro atoms. The van der Waals surface area contributed by atoms with Crippen molar-refractivity contribution < 1.29 is 24.0 Å². The first-order chi connectivity index (χ1) is 16.5. The van der Waals surface area contributed by atoms with Gasteiger partial charge in [-0.1, -0.05) is 12.2 Å². The van der Waals surface area contributed by atoms with E-state index in [2.05, 4.69) is 5.10 Å². The van der Waals surface area contributed by atoms with Crippen LogP contribution in [0.3, 0.4) is 0 Å². The lowest BCUT2D eigenvalue weighted by Crippen LogP contribution is -2.28. The van der Waals surface area contributed by atoms with Crippen LogP contribution in [0.5, 0.6) is 11.5 Å². The molecule has 9 heteroatoms. The highest BCUT2D eigenvalue weighted by molar-refractivity contribution is 6.06. The molecule has 2 amide bonds. The lowest BCUT2D eigenvalue weighted by atomic mass is 9.85. The highest BCUT2D eigenvalue weighted by Gasteiger charge is 2.59. The molecule has 1 saturated heterocycles. The number of carbonyl (C=O) groups is 2. The second-order valence-electron chi connectivity index (χ2n) is 8.58. The van der Waals surface area contributed by atoms with E-state index in [1.54, 1.807) is 30.3 Å². The molecule has 4 atom stereocenters. The Morgan fingerprint density at radius 3 is 2.32 bits per heavy atom. The SMILES string of the molecule is CCOc1cc(/C=N\N2C(=O)[C@@H]3[C@@H](C2=O)[C@H]2C=C[C@H]3C2)ccc1OCc1ccc([N+](=O)[O-])cc1. The minimum atomic E-state index is -0.449. The maximum absolute atomic E-state index is 12.8. The monoisotopic (exact) mass is 461 g/mol. The summed E-state index contributed by atoms with van der Waals surface area (Å²) in [7, 11) is 0. The number of fused-ring (bicyclic) bond motifs is 5. The topological polar surface area (TPSA) is 111 Å². The summed E-state index contributed by atoms with van der Waals surface area (Å²) in [4.78, 5) is 35.9. The van der Waals surface area contributed by atoms with E-state index in [-0.39, 0.29) is 47.8 Å². The van der Waals surface area contributed by atoms with Crippen molar-refractivity contribution in [2.45, 2.75) is 20.0 Å². The van der Waals surface area contributed by atoms with Gasteiger partial charge >= 0.3 is 0 Å². The van der Waals surface area contributed by atoms with Gasteiger partial charge in [0.1, 0.15) is 6.61 Å². The Kier molecular flexibility index (Phi) is 5.61. The van der Waals surface area contributed by atoms with Gasteiger partial charge in [-0.05, 0) is 66.6 Å². The predicted octanol–water partition coefficient (Wildman–Crippen LogP) is 3.71. The van der Waals surface area contributed by atoms with E-state index < -0.39 is 4.92 Å². The first kappa shape index (κ1) is 21.8. The molecule has 0 radical (unpaired) electrons.